The highest BCUT2D eigenvalue weighted by molar-refractivity contribution is 6.31. The second-order valence-electron chi connectivity index (χ2n) is 5.09. The number of fused-ring (bicyclic) bond motifs is 3. The second-order valence-corrected chi connectivity index (χ2v) is 5.53. The number of hydrogen-bond donors (Lipinski definition) is 1. The van der Waals surface area contributed by atoms with Gasteiger partial charge in [0.1, 0.15) is 0 Å². The first-order valence-electron chi connectivity index (χ1n) is 6.97. The summed E-state index contributed by atoms with van der Waals surface area (Å²) in [6.07, 6.45) is 0. The number of carbonyl (C=O) groups excluding carboxylic acids is 1. The Balaban J connectivity index is 2.08. The Morgan fingerprint density at radius 3 is 2.76 bits per heavy atom. The van der Waals surface area contributed by atoms with Gasteiger partial charge in [0.25, 0.3) is 0 Å². The largest absolute Gasteiger partial charge is 0.466 e. The summed E-state index contributed by atoms with van der Waals surface area (Å²) in [6, 6.07) is 11.8. The number of aromatic amines is 1. The van der Waals surface area contributed by atoms with Crippen LogP contribution in [0.2, 0.25) is 5.02 Å². The number of esters is 1. The maximum atomic E-state index is 11.8. The van der Waals surface area contributed by atoms with Gasteiger partial charge in [0, 0.05) is 26.8 Å². The lowest BCUT2D eigenvalue weighted by Gasteiger charge is -2.10. The van der Waals surface area contributed by atoms with Gasteiger partial charge in [-0.3, -0.25) is 4.79 Å². The first-order chi connectivity index (χ1) is 10.1. The van der Waals surface area contributed by atoms with Crippen LogP contribution in [0, 0.1) is 0 Å². The lowest BCUT2D eigenvalue weighted by molar-refractivity contribution is -0.144. The number of rotatable bonds is 3. The third kappa shape index (κ3) is 2.49. The zero-order chi connectivity index (χ0) is 15.0. The van der Waals surface area contributed by atoms with Crippen molar-refractivity contribution in [3.63, 3.8) is 0 Å². The lowest BCUT2D eigenvalue weighted by atomic mass is 10.00. The number of hydrogen-bond acceptors (Lipinski definition) is 2. The molecule has 2 aromatic carbocycles. The van der Waals surface area contributed by atoms with Crippen LogP contribution in [0.1, 0.15) is 25.3 Å². The Kier molecular flexibility index (Phi) is 3.60. The molecule has 1 aromatic heterocycles. The Morgan fingerprint density at radius 1 is 1.19 bits per heavy atom. The van der Waals surface area contributed by atoms with Crippen molar-refractivity contribution in [2.75, 3.05) is 6.61 Å². The number of benzene rings is 2. The fourth-order valence-electron chi connectivity index (χ4n) is 2.57. The van der Waals surface area contributed by atoms with Gasteiger partial charge in [0.05, 0.1) is 12.5 Å². The number of nitrogens with one attached hydrogen (secondary N) is 1. The standard InChI is InChI=1S/C17H16ClNO2/c1-3-21-17(20)10(2)11-4-6-13-14-9-12(18)5-7-15(14)19-16(13)8-11/h4-10,19H,3H2,1-2H3. The van der Waals surface area contributed by atoms with E-state index in [4.69, 9.17) is 16.3 Å². The van der Waals surface area contributed by atoms with Gasteiger partial charge in [-0.1, -0.05) is 23.7 Å². The van der Waals surface area contributed by atoms with Crippen LogP contribution < -0.4 is 0 Å². The van der Waals surface area contributed by atoms with Gasteiger partial charge in [-0.15, -0.1) is 0 Å². The van der Waals surface area contributed by atoms with E-state index < -0.39 is 0 Å². The average Bonchev–Trinajstić information content (AvgIpc) is 2.83. The summed E-state index contributed by atoms with van der Waals surface area (Å²) >= 11 is 6.06. The summed E-state index contributed by atoms with van der Waals surface area (Å²) < 4.78 is 5.08. The molecular formula is C17H16ClNO2. The van der Waals surface area contributed by atoms with Crippen molar-refractivity contribution < 1.29 is 9.53 Å². The fraction of sp³-hybridized carbons (Fsp3) is 0.235. The summed E-state index contributed by atoms with van der Waals surface area (Å²) in [5.74, 6) is -0.472. The molecular weight excluding hydrogens is 286 g/mol. The molecule has 21 heavy (non-hydrogen) atoms. The number of aromatic nitrogens is 1. The van der Waals surface area contributed by atoms with Crippen LogP contribution in [0.25, 0.3) is 21.8 Å². The van der Waals surface area contributed by atoms with E-state index in [1.165, 1.54) is 0 Å². The van der Waals surface area contributed by atoms with Crippen molar-refractivity contribution in [3.8, 4) is 0 Å². The van der Waals surface area contributed by atoms with Crippen LogP contribution in [0.5, 0.6) is 0 Å². The molecule has 1 N–H and O–H groups in total. The number of ether oxygens (including phenoxy) is 1. The normalized spacial score (nSPS) is 12.7. The van der Waals surface area contributed by atoms with Crippen LogP contribution in [-0.4, -0.2) is 17.6 Å². The molecule has 3 rings (SSSR count). The van der Waals surface area contributed by atoms with Crippen LogP contribution in [-0.2, 0) is 9.53 Å². The zero-order valence-corrected chi connectivity index (χ0v) is 12.7. The third-order valence-electron chi connectivity index (χ3n) is 3.72. The number of halogens is 1. The topological polar surface area (TPSA) is 42.1 Å². The summed E-state index contributed by atoms with van der Waals surface area (Å²) in [7, 11) is 0. The minimum Gasteiger partial charge on any atom is -0.466 e. The van der Waals surface area contributed by atoms with Gasteiger partial charge < -0.3 is 9.72 Å². The molecule has 0 saturated carbocycles. The average molecular weight is 302 g/mol. The fourth-order valence-corrected chi connectivity index (χ4v) is 2.74. The van der Waals surface area contributed by atoms with Crippen molar-refractivity contribution in [2.24, 2.45) is 0 Å². The first-order valence-corrected chi connectivity index (χ1v) is 7.35. The van der Waals surface area contributed by atoms with E-state index in [0.717, 1.165) is 27.4 Å². The van der Waals surface area contributed by atoms with E-state index in [9.17, 15) is 4.79 Å². The molecule has 108 valence electrons. The van der Waals surface area contributed by atoms with Gasteiger partial charge in [0.2, 0.25) is 0 Å². The van der Waals surface area contributed by atoms with E-state index in [1.807, 2.05) is 50.2 Å². The van der Waals surface area contributed by atoms with E-state index in [2.05, 4.69) is 4.98 Å². The molecule has 1 heterocycles. The predicted octanol–water partition coefficient (Wildman–Crippen LogP) is 4.64. The van der Waals surface area contributed by atoms with Crippen molar-refractivity contribution >= 4 is 39.4 Å². The van der Waals surface area contributed by atoms with Crippen LogP contribution in [0.3, 0.4) is 0 Å². The quantitative estimate of drug-likeness (QED) is 0.716. The van der Waals surface area contributed by atoms with Crippen LogP contribution >= 0.6 is 11.6 Å². The molecule has 0 radical (unpaired) electrons. The Labute approximate surface area is 127 Å². The Morgan fingerprint density at radius 2 is 2.00 bits per heavy atom. The van der Waals surface area contributed by atoms with Crippen molar-refractivity contribution in [1.82, 2.24) is 4.98 Å². The molecule has 0 amide bonds. The first kappa shape index (κ1) is 14.0. The van der Waals surface area contributed by atoms with E-state index in [0.29, 0.717) is 11.6 Å². The highest BCUT2D eigenvalue weighted by atomic mass is 35.5. The number of carbonyl (C=O) groups is 1. The molecule has 0 fully saturated rings. The number of H-pyrrole nitrogens is 1. The van der Waals surface area contributed by atoms with Gasteiger partial charge >= 0.3 is 5.97 Å². The lowest BCUT2D eigenvalue weighted by Crippen LogP contribution is -2.12. The monoisotopic (exact) mass is 301 g/mol. The molecule has 0 aliphatic heterocycles. The summed E-state index contributed by atoms with van der Waals surface area (Å²) in [5.41, 5.74) is 2.98. The molecule has 0 bridgehead atoms. The molecule has 0 aliphatic rings. The van der Waals surface area contributed by atoms with Crippen molar-refractivity contribution in [2.45, 2.75) is 19.8 Å². The maximum absolute atomic E-state index is 11.8. The molecule has 1 unspecified atom stereocenters. The summed E-state index contributed by atoms with van der Waals surface area (Å²) in [4.78, 5) is 15.2. The minimum atomic E-state index is -0.274. The highest BCUT2D eigenvalue weighted by Crippen LogP contribution is 2.30. The smallest absolute Gasteiger partial charge is 0.313 e. The van der Waals surface area contributed by atoms with Gasteiger partial charge in [-0.25, -0.2) is 0 Å². The molecule has 1 atom stereocenters. The van der Waals surface area contributed by atoms with E-state index in [1.54, 1.807) is 0 Å². The molecule has 3 aromatic rings. The minimum absolute atomic E-state index is 0.198. The maximum Gasteiger partial charge on any atom is 0.313 e. The SMILES string of the molecule is CCOC(=O)C(C)c1ccc2c(c1)[nH]c1ccc(Cl)cc12. The summed E-state index contributed by atoms with van der Waals surface area (Å²) in [5, 5.41) is 2.91. The molecule has 0 aliphatic carbocycles. The van der Waals surface area contributed by atoms with Gasteiger partial charge in [-0.2, -0.15) is 0 Å². The van der Waals surface area contributed by atoms with E-state index in [-0.39, 0.29) is 11.9 Å². The van der Waals surface area contributed by atoms with Crippen LogP contribution in [0.4, 0.5) is 0 Å². The third-order valence-corrected chi connectivity index (χ3v) is 3.96. The highest BCUT2D eigenvalue weighted by Gasteiger charge is 2.17. The van der Waals surface area contributed by atoms with Crippen molar-refractivity contribution in [3.05, 3.63) is 47.0 Å². The van der Waals surface area contributed by atoms with Crippen molar-refractivity contribution in [1.29, 1.82) is 0 Å². The Bertz CT molecular complexity index is 822. The van der Waals surface area contributed by atoms with Crippen LogP contribution in [0.15, 0.2) is 36.4 Å². The van der Waals surface area contributed by atoms with E-state index >= 15 is 0 Å². The summed E-state index contributed by atoms with van der Waals surface area (Å²) in [6.45, 7) is 4.07. The molecule has 4 heteroatoms. The zero-order valence-electron chi connectivity index (χ0n) is 11.9. The molecule has 0 saturated heterocycles. The molecule has 0 spiro atoms. The van der Waals surface area contributed by atoms with Gasteiger partial charge in [0.15, 0.2) is 0 Å². The Hall–Kier alpha value is -2.00. The second kappa shape index (κ2) is 5.41. The van der Waals surface area contributed by atoms with Gasteiger partial charge in [-0.05, 0) is 43.7 Å². The predicted molar refractivity (Wildman–Crippen MR) is 85.9 cm³/mol. The molecule has 3 nitrogen and oxygen atoms in total.